The second-order valence-corrected chi connectivity index (χ2v) is 10.1. The molecule has 0 bridgehead atoms. The largest absolute Gasteiger partial charge is 0.396 e. The van der Waals surface area contributed by atoms with Gasteiger partial charge in [0.1, 0.15) is 11.6 Å². The third-order valence-corrected chi connectivity index (χ3v) is 7.55. The highest BCUT2D eigenvalue weighted by atomic mass is 19.1. The highest BCUT2D eigenvalue weighted by Crippen LogP contribution is 2.32. The van der Waals surface area contributed by atoms with Crippen molar-refractivity contribution < 1.29 is 13.9 Å². The van der Waals surface area contributed by atoms with Gasteiger partial charge in [-0.2, -0.15) is 0 Å². The number of halogens is 2. The Hall–Kier alpha value is -4.58. The highest BCUT2D eigenvalue weighted by molar-refractivity contribution is 5.78. The Morgan fingerprint density at radius 2 is 1.27 bits per heavy atom. The van der Waals surface area contributed by atoms with E-state index in [9.17, 15) is 5.11 Å². The van der Waals surface area contributed by atoms with Gasteiger partial charge in [-0.15, -0.1) is 10.2 Å². The molecule has 0 amide bonds. The quantitative estimate of drug-likeness (QED) is 0.219. The van der Waals surface area contributed by atoms with E-state index in [2.05, 4.69) is 10.2 Å². The van der Waals surface area contributed by atoms with E-state index in [1.165, 1.54) is 12.1 Å². The van der Waals surface area contributed by atoms with Gasteiger partial charge < -0.3 is 30.9 Å². The van der Waals surface area contributed by atoms with Crippen LogP contribution in [0.5, 0.6) is 0 Å². The first-order valence-electron chi connectivity index (χ1n) is 13.5. The van der Waals surface area contributed by atoms with Crippen molar-refractivity contribution in [3.63, 3.8) is 0 Å². The Labute approximate surface area is 236 Å². The number of aliphatic hydroxyl groups is 1. The van der Waals surface area contributed by atoms with Crippen LogP contribution >= 0.6 is 0 Å². The summed E-state index contributed by atoms with van der Waals surface area (Å²) in [4.78, 5) is 3.47. The monoisotopic (exact) mass is 561 g/mol. The normalized spacial score (nSPS) is 15.5. The SMILES string of the molecule is N=C(N)N1CC=C(c2ccc(-c3nnc(-c4ccc(C5=CCN(C(=N)N)CC5)cc4F)n3CCCO)c(F)c2)CC1. The molecule has 214 valence electrons. The van der Waals surface area contributed by atoms with Crippen molar-refractivity contribution >= 4 is 23.1 Å². The van der Waals surface area contributed by atoms with Crippen LogP contribution in [0.4, 0.5) is 8.78 Å². The molecule has 3 heterocycles. The standard InChI is InChI=1S/C29H33F2N9O/c30-24-16-20(18-6-11-38(12-7-18)28(32)33)2-4-22(24)26-36-37-27(40(26)10-1-15-41)23-5-3-21(17-25(23)31)19-8-13-39(14-9-19)29(34)35/h2-6,8,16-17,41H,1,7,9-15H2,(H3,32,33)(H3,34,35). The lowest BCUT2D eigenvalue weighted by Gasteiger charge is -2.26. The molecule has 41 heavy (non-hydrogen) atoms. The minimum Gasteiger partial charge on any atom is -0.396 e. The number of guanidine groups is 2. The van der Waals surface area contributed by atoms with E-state index in [1.54, 1.807) is 26.5 Å². The fourth-order valence-electron chi connectivity index (χ4n) is 5.23. The zero-order chi connectivity index (χ0) is 29.1. The van der Waals surface area contributed by atoms with Gasteiger partial charge in [0.2, 0.25) is 0 Å². The van der Waals surface area contributed by atoms with Gasteiger partial charge in [0.15, 0.2) is 23.6 Å². The maximum Gasteiger partial charge on any atom is 0.188 e. The van der Waals surface area contributed by atoms with E-state index in [4.69, 9.17) is 22.3 Å². The number of aliphatic hydroxyl groups excluding tert-OH is 1. The number of hydrogen-bond donors (Lipinski definition) is 5. The molecular formula is C29H33F2N9O. The summed E-state index contributed by atoms with van der Waals surface area (Å²) in [6.07, 6.45) is 5.51. The van der Waals surface area contributed by atoms with Gasteiger partial charge in [-0.25, -0.2) is 8.78 Å². The van der Waals surface area contributed by atoms with Crippen molar-refractivity contribution in [3.8, 4) is 22.8 Å². The molecule has 0 radical (unpaired) electrons. The average Bonchev–Trinajstić information content (AvgIpc) is 3.39. The minimum absolute atomic E-state index is 0.0120. The van der Waals surface area contributed by atoms with Gasteiger partial charge in [0.25, 0.3) is 0 Å². The Bertz CT molecular complexity index is 1440. The molecule has 2 aliphatic rings. The van der Waals surface area contributed by atoms with Gasteiger partial charge in [-0.3, -0.25) is 10.8 Å². The van der Waals surface area contributed by atoms with Crippen LogP contribution in [0.2, 0.25) is 0 Å². The van der Waals surface area contributed by atoms with Gasteiger partial charge >= 0.3 is 0 Å². The van der Waals surface area contributed by atoms with Crippen LogP contribution in [0.15, 0.2) is 48.6 Å². The third-order valence-electron chi connectivity index (χ3n) is 7.55. The molecule has 0 fully saturated rings. The number of benzene rings is 2. The molecule has 7 N–H and O–H groups in total. The van der Waals surface area contributed by atoms with Crippen LogP contribution in [0.3, 0.4) is 0 Å². The Kier molecular flexibility index (Phi) is 8.11. The second-order valence-electron chi connectivity index (χ2n) is 10.1. The third kappa shape index (κ3) is 5.82. The van der Waals surface area contributed by atoms with Crippen molar-refractivity contribution in [1.82, 2.24) is 24.6 Å². The van der Waals surface area contributed by atoms with Gasteiger partial charge in [-0.05, 0) is 65.8 Å². The van der Waals surface area contributed by atoms with E-state index in [0.717, 1.165) is 22.3 Å². The summed E-state index contributed by atoms with van der Waals surface area (Å²) in [5.41, 5.74) is 15.0. The van der Waals surface area contributed by atoms with Crippen molar-refractivity contribution in [2.45, 2.75) is 25.8 Å². The van der Waals surface area contributed by atoms with Crippen LogP contribution < -0.4 is 11.5 Å². The number of hydrogen-bond acceptors (Lipinski definition) is 5. The molecule has 0 saturated carbocycles. The van der Waals surface area contributed by atoms with Crippen molar-refractivity contribution in [2.24, 2.45) is 11.5 Å². The number of rotatable bonds is 7. The molecular weight excluding hydrogens is 528 g/mol. The first-order chi connectivity index (χ1) is 19.8. The predicted molar refractivity (Wildman–Crippen MR) is 155 cm³/mol. The minimum atomic E-state index is -0.485. The van der Waals surface area contributed by atoms with E-state index >= 15 is 8.78 Å². The lowest BCUT2D eigenvalue weighted by Crippen LogP contribution is -2.39. The number of nitrogens with two attached hydrogens (primary N) is 2. The van der Waals surface area contributed by atoms with Crippen LogP contribution in [-0.4, -0.2) is 74.4 Å². The summed E-state index contributed by atoms with van der Waals surface area (Å²) >= 11 is 0. The summed E-state index contributed by atoms with van der Waals surface area (Å²) in [5, 5.41) is 33.2. The lowest BCUT2D eigenvalue weighted by atomic mass is 9.97. The van der Waals surface area contributed by atoms with E-state index in [1.807, 2.05) is 24.3 Å². The van der Waals surface area contributed by atoms with Crippen LogP contribution in [0, 0.1) is 22.5 Å². The average molecular weight is 562 g/mol. The van der Waals surface area contributed by atoms with Crippen LogP contribution in [0.25, 0.3) is 33.9 Å². The van der Waals surface area contributed by atoms with Gasteiger partial charge in [0.05, 0.1) is 11.1 Å². The fourth-order valence-corrected chi connectivity index (χ4v) is 5.23. The lowest BCUT2D eigenvalue weighted by molar-refractivity contribution is 0.280. The molecule has 5 rings (SSSR count). The summed E-state index contributed by atoms with van der Waals surface area (Å²) < 4.78 is 32.6. The molecule has 10 nitrogen and oxygen atoms in total. The van der Waals surface area contributed by atoms with Crippen LogP contribution in [0.1, 0.15) is 30.4 Å². The topological polar surface area (TPSA) is 157 Å². The molecule has 0 aliphatic carbocycles. The van der Waals surface area contributed by atoms with Gasteiger partial charge in [-0.1, -0.05) is 24.3 Å². The first-order valence-corrected chi connectivity index (χ1v) is 13.5. The molecule has 0 unspecified atom stereocenters. The fraction of sp³-hybridized carbons (Fsp3) is 0.310. The summed E-state index contributed by atoms with van der Waals surface area (Å²) in [5.74, 6) is -0.445. The Balaban J connectivity index is 1.44. The number of aromatic nitrogens is 3. The molecule has 12 heteroatoms. The van der Waals surface area contributed by atoms with Crippen molar-refractivity contribution in [1.29, 1.82) is 10.8 Å². The summed E-state index contributed by atoms with van der Waals surface area (Å²) in [6, 6.07) is 9.83. The van der Waals surface area contributed by atoms with Crippen LogP contribution in [-0.2, 0) is 6.54 Å². The second kappa shape index (κ2) is 11.9. The van der Waals surface area contributed by atoms with E-state index in [0.29, 0.717) is 45.4 Å². The summed E-state index contributed by atoms with van der Waals surface area (Å²) in [6.45, 7) is 2.33. The smallest absolute Gasteiger partial charge is 0.188 e. The molecule has 3 aromatic rings. The number of nitrogens with zero attached hydrogens (tertiary/aromatic N) is 5. The first kappa shape index (κ1) is 28.0. The van der Waals surface area contributed by atoms with E-state index < -0.39 is 11.6 Å². The maximum atomic E-state index is 15.5. The molecule has 0 atom stereocenters. The molecule has 2 aromatic carbocycles. The summed E-state index contributed by atoms with van der Waals surface area (Å²) in [7, 11) is 0. The molecule has 1 aromatic heterocycles. The molecule has 2 aliphatic heterocycles. The highest BCUT2D eigenvalue weighted by Gasteiger charge is 2.22. The number of nitrogens with one attached hydrogen (secondary N) is 2. The Morgan fingerprint density at radius 3 is 1.61 bits per heavy atom. The Morgan fingerprint density at radius 1 is 0.805 bits per heavy atom. The van der Waals surface area contributed by atoms with Crippen molar-refractivity contribution in [3.05, 3.63) is 71.3 Å². The zero-order valence-electron chi connectivity index (χ0n) is 22.6. The van der Waals surface area contributed by atoms with Crippen molar-refractivity contribution in [2.75, 3.05) is 32.8 Å². The molecule has 0 saturated heterocycles. The molecule has 0 spiro atoms. The zero-order valence-corrected chi connectivity index (χ0v) is 22.6. The predicted octanol–water partition coefficient (Wildman–Crippen LogP) is 3.24. The van der Waals surface area contributed by atoms with E-state index in [-0.39, 0.29) is 47.8 Å². The van der Waals surface area contributed by atoms with Gasteiger partial charge in [0, 0.05) is 39.3 Å². The maximum absolute atomic E-state index is 15.5.